The van der Waals surface area contributed by atoms with E-state index in [1.54, 1.807) is 48.8 Å². The Hall–Kier alpha value is -4.00. The van der Waals surface area contributed by atoms with Crippen LogP contribution in [0.4, 0.5) is 10.3 Å². The van der Waals surface area contributed by atoms with Crippen molar-refractivity contribution in [3.63, 3.8) is 0 Å². The molecule has 10 nitrogen and oxygen atoms in total. The Balaban J connectivity index is 1.12. The molecule has 0 radical (unpaired) electrons. The van der Waals surface area contributed by atoms with E-state index in [0.717, 1.165) is 5.71 Å². The van der Waals surface area contributed by atoms with Gasteiger partial charge in [0.2, 0.25) is 5.95 Å². The topological polar surface area (TPSA) is 106 Å². The van der Waals surface area contributed by atoms with Gasteiger partial charge in [-0.15, -0.1) is 0 Å². The molecule has 12 heteroatoms. The minimum atomic E-state index is -2.02. The van der Waals surface area contributed by atoms with Gasteiger partial charge in [0.1, 0.15) is 18.5 Å². The molecule has 232 valence electrons. The van der Waals surface area contributed by atoms with E-state index in [4.69, 9.17) is 14.0 Å². The molecule has 44 heavy (non-hydrogen) atoms. The van der Waals surface area contributed by atoms with Gasteiger partial charge >= 0.3 is 0 Å². The summed E-state index contributed by atoms with van der Waals surface area (Å²) < 4.78 is 27.1. The predicted octanol–water partition coefficient (Wildman–Crippen LogP) is 5.31. The first kappa shape index (κ1) is 31.4. The quantitative estimate of drug-likeness (QED) is 0.162. The largest absolute Gasteiger partial charge is 0.412 e. The van der Waals surface area contributed by atoms with Crippen LogP contribution in [0.5, 0.6) is 0 Å². The minimum absolute atomic E-state index is 0.0368. The highest BCUT2D eigenvalue weighted by atomic mass is 28.4. The molecule has 1 saturated heterocycles. The normalized spacial score (nSPS) is 15.8. The molecule has 5 rings (SSSR count). The van der Waals surface area contributed by atoms with E-state index < -0.39 is 14.4 Å². The Labute approximate surface area is 258 Å². The third kappa shape index (κ3) is 6.42. The number of anilines is 1. The molecule has 1 unspecified atom stereocenters. The van der Waals surface area contributed by atoms with Crippen LogP contribution in [0.25, 0.3) is 11.1 Å². The molecule has 0 aliphatic carbocycles. The van der Waals surface area contributed by atoms with Gasteiger partial charge in [-0.25, -0.2) is 14.4 Å². The summed E-state index contributed by atoms with van der Waals surface area (Å²) in [6, 6.07) is 12.0. The van der Waals surface area contributed by atoms with Gasteiger partial charge in [0.15, 0.2) is 8.32 Å². The molecule has 1 atom stereocenters. The molecule has 2 amide bonds. The highest BCUT2D eigenvalue weighted by Crippen LogP contribution is 2.37. The number of carbonyl (C=O) groups excluding carboxylic acids is 2. The van der Waals surface area contributed by atoms with Crippen molar-refractivity contribution in [2.24, 2.45) is 5.16 Å². The van der Waals surface area contributed by atoms with Gasteiger partial charge in [0.05, 0.1) is 43.1 Å². The molecule has 2 aliphatic rings. The third-order valence-corrected chi connectivity index (χ3v) is 13.0. The van der Waals surface area contributed by atoms with Gasteiger partial charge in [-0.2, -0.15) is 0 Å². The third-order valence-electron chi connectivity index (χ3n) is 8.50. The van der Waals surface area contributed by atoms with Crippen LogP contribution >= 0.6 is 0 Å². The van der Waals surface area contributed by atoms with Crippen molar-refractivity contribution < 1.29 is 28.0 Å². The van der Waals surface area contributed by atoms with Gasteiger partial charge in [-0.05, 0) is 30.3 Å². The Morgan fingerprint density at radius 2 is 1.59 bits per heavy atom. The van der Waals surface area contributed by atoms with Crippen molar-refractivity contribution in [1.82, 2.24) is 14.9 Å². The Morgan fingerprint density at radius 1 is 0.977 bits per heavy atom. The van der Waals surface area contributed by atoms with Crippen LogP contribution in [-0.4, -0.2) is 80.2 Å². The second-order valence-electron chi connectivity index (χ2n) is 12.5. The average Bonchev–Trinajstić information content (AvgIpc) is 3.21. The number of amides is 2. The summed E-state index contributed by atoms with van der Waals surface area (Å²) in [7, 11) is -0.523. The van der Waals surface area contributed by atoms with E-state index in [0.29, 0.717) is 46.9 Å². The fourth-order valence-corrected chi connectivity index (χ4v) is 5.57. The Bertz CT molecular complexity index is 1530. The summed E-state index contributed by atoms with van der Waals surface area (Å²) in [5, 5.41) is 4.21. The number of fused-ring (bicyclic) bond motifs is 1. The van der Waals surface area contributed by atoms with Crippen LogP contribution in [0.2, 0.25) is 18.1 Å². The van der Waals surface area contributed by atoms with Gasteiger partial charge in [0, 0.05) is 36.2 Å². The van der Waals surface area contributed by atoms with Crippen LogP contribution in [0, 0.1) is 5.82 Å². The molecule has 3 aromatic rings. The highest BCUT2D eigenvalue weighted by molar-refractivity contribution is 6.74. The van der Waals surface area contributed by atoms with E-state index >= 15 is 4.39 Å². The highest BCUT2D eigenvalue weighted by Gasteiger charge is 2.38. The van der Waals surface area contributed by atoms with Gasteiger partial charge in [-0.1, -0.05) is 56.3 Å². The number of aromatic nitrogens is 2. The first-order valence-corrected chi connectivity index (χ1v) is 17.4. The molecule has 1 aromatic heterocycles. The van der Waals surface area contributed by atoms with Crippen LogP contribution < -0.4 is 4.90 Å². The maximum atomic E-state index is 15.4. The summed E-state index contributed by atoms with van der Waals surface area (Å²) in [6.07, 6.45) is 2.70. The van der Waals surface area contributed by atoms with E-state index in [2.05, 4.69) is 49.0 Å². The maximum absolute atomic E-state index is 15.4. The zero-order valence-corrected chi connectivity index (χ0v) is 27.0. The van der Waals surface area contributed by atoms with E-state index in [1.807, 2.05) is 11.0 Å². The molecule has 0 N–H and O–H groups in total. The molecular formula is C32H38FN5O5Si. The summed E-state index contributed by atoms with van der Waals surface area (Å²) in [5.74, 6) is -0.502. The lowest BCUT2D eigenvalue weighted by Gasteiger charge is -2.36. The van der Waals surface area contributed by atoms with Crippen molar-refractivity contribution in [1.29, 1.82) is 0 Å². The molecule has 2 aliphatic heterocycles. The zero-order chi connectivity index (χ0) is 31.6. The number of rotatable bonds is 11. The van der Waals surface area contributed by atoms with Crippen molar-refractivity contribution in [3.05, 3.63) is 77.4 Å². The van der Waals surface area contributed by atoms with E-state index in [1.165, 1.54) is 12.0 Å². The van der Waals surface area contributed by atoms with Gasteiger partial charge in [0.25, 0.3) is 11.8 Å². The van der Waals surface area contributed by atoms with Gasteiger partial charge < -0.3 is 18.9 Å². The van der Waals surface area contributed by atoms with Crippen molar-refractivity contribution in [2.75, 3.05) is 38.3 Å². The number of oxime groups is 1. The second kappa shape index (κ2) is 12.5. The standard InChI is InChI=1S/C32H38FN5O5Si/c1-32(2,3)44(5,6)43-19-21-10-9-13-25(28(21)33)22-14-34-31(35-15-22)37-16-23(17-37)36-42-20-24(41-4)18-38-29(39)26-11-7-8-12-27(26)30(38)40/h7-15,24H,16-20H2,1-6H3. The first-order chi connectivity index (χ1) is 20.9. The smallest absolute Gasteiger partial charge is 0.261 e. The molecule has 0 bridgehead atoms. The first-order valence-electron chi connectivity index (χ1n) is 14.5. The number of ether oxygens (including phenoxy) is 1. The Morgan fingerprint density at radius 3 is 2.18 bits per heavy atom. The SMILES string of the molecule is COC(CON=C1CN(c2ncc(-c3cccc(CO[Si](C)(C)C(C)(C)C)c3F)cn2)C1)CN1C(=O)c2ccccc2C1=O. The van der Waals surface area contributed by atoms with E-state index in [-0.39, 0.29) is 42.4 Å². The second-order valence-corrected chi connectivity index (χ2v) is 17.3. The lowest BCUT2D eigenvalue weighted by Crippen LogP contribution is -2.48. The van der Waals surface area contributed by atoms with Crippen molar-refractivity contribution >= 4 is 31.8 Å². The van der Waals surface area contributed by atoms with Crippen molar-refractivity contribution in [3.8, 4) is 11.1 Å². The lowest BCUT2D eigenvalue weighted by molar-refractivity contribution is -0.00399. The minimum Gasteiger partial charge on any atom is -0.412 e. The molecular weight excluding hydrogens is 581 g/mol. The number of benzene rings is 2. The van der Waals surface area contributed by atoms with Crippen molar-refractivity contribution in [2.45, 2.75) is 51.6 Å². The molecule has 1 fully saturated rings. The Kier molecular flexibility index (Phi) is 8.96. The number of methoxy groups -OCH3 is 1. The van der Waals surface area contributed by atoms with Crippen LogP contribution in [0.15, 0.2) is 60.0 Å². The summed E-state index contributed by atoms with van der Waals surface area (Å²) in [6.45, 7) is 12.1. The molecule has 3 heterocycles. The summed E-state index contributed by atoms with van der Waals surface area (Å²) in [5.41, 5.74) is 3.10. The maximum Gasteiger partial charge on any atom is 0.261 e. The van der Waals surface area contributed by atoms with Gasteiger partial charge in [-0.3, -0.25) is 14.5 Å². The number of imide groups is 1. The summed E-state index contributed by atoms with van der Waals surface area (Å²) in [4.78, 5) is 42.7. The van der Waals surface area contributed by atoms with Crippen LogP contribution in [-0.2, 0) is 20.6 Å². The molecule has 0 saturated carbocycles. The average molecular weight is 620 g/mol. The number of halogens is 1. The molecule has 0 spiro atoms. The number of hydrogen-bond acceptors (Lipinski definition) is 9. The van der Waals surface area contributed by atoms with E-state index in [9.17, 15) is 9.59 Å². The fourth-order valence-electron chi connectivity index (χ4n) is 4.62. The number of hydrogen-bond donors (Lipinski definition) is 0. The van der Waals surface area contributed by atoms with Crippen LogP contribution in [0.1, 0.15) is 47.1 Å². The number of carbonyl (C=O) groups is 2. The van der Waals surface area contributed by atoms with Crippen LogP contribution in [0.3, 0.4) is 0 Å². The predicted molar refractivity (Wildman–Crippen MR) is 168 cm³/mol. The fraction of sp³-hybridized carbons (Fsp3) is 0.406. The zero-order valence-electron chi connectivity index (χ0n) is 26.0. The molecule has 2 aromatic carbocycles. The monoisotopic (exact) mass is 619 g/mol. The lowest BCUT2D eigenvalue weighted by atomic mass is 10.1. The number of nitrogens with zero attached hydrogens (tertiary/aromatic N) is 5. The summed E-state index contributed by atoms with van der Waals surface area (Å²) >= 11 is 0.